The number of nitrogens with zero attached hydrogens (tertiary/aromatic N) is 1. The van der Waals surface area contributed by atoms with Gasteiger partial charge in [-0.3, -0.25) is 0 Å². The highest BCUT2D eigenvalue weighted by Crippen LogP contribution is 2.44. The van der Waals surface area contributed by atoms with Crippen molar-refractivity contribution in [3.8, 4) is 28.3 Å². The molecular weight excluding hydrogens is 453 g/mol. The Bertz CT molecular complexity index is 1660. The molecule has 6 rings (SSSR count). The molecule has 1 aliphatic rings. The van der Waals surface area contributed by atoms with E-state index in [-0.39, 0.29) is 11.2 Å². The standard InChI is InChI=1S/C33H28BNO2/c1-32(2)33(3,4)37-34(36-32)25-19-17-24(18-20-25)31-29-12-8-6-10-27(29)26-9-5-7-11-28(26)30(31)23-15-13-22(21-35)14-16-23/h5-20H,1-4H3. The Morgan fingerprint density at radius 2 is 0.973 bits per heavy atom. The molecular formula is C33H28BNO2. The van der Waals surface area contributed by atoms with E-state index in [0.29, 0.717) is 5.56 Å². The zero-order valence-corrected chi connectivity index (χ0v) is 21.6. The molecule has 0 spiro atoms. The van der Waals surface area contributed by atoms with Crippen molar-refractivity contribution in [2.45, 2.75) is 38.9 Å². The van der Waals surface area contributed by atoms with Gasteiger partial charge in [-0.1, -0.05) is 84.9 Å². The quantitative estimate of drug-likeness (QED) is 0.198. The zero-order valence-electron chi connectivity index (χ0n) is 21.6. The van der Waals surface area contributed by atoms with E-state index in [2.05, 4.69) is 119 Å². The first kappa shape index (κ1) is 23.5. The van der Waals surface area contributed by atoms with Gasteiger partial charge in [0.25, 0.3) is 0 Å². The first-order chi connectivity index (χ1) is 17.8. The fraction of sp³-hybridized carbons (Fsp3) is 0.182. The molecule has 0 N–H and O–H groups in total. The lowest BCUT2D eigenvalue weighted by molar-refractivity contribution is 0.00578. The van der Waals surface area contributed by atoms with Crippen LogP contribution in [-0.2, 0) is 9.31 Å². The average Bonchev–Trinajstić information content (AvgIpc) is 3.14. The van der Waals surface area contributed by atoms with Crippen molar-refractivity contribution in [3.63, 3.8) is 0 Å². The Morgan fingerprint density at radius 1 is 0.568 bits per heavy atom. The van der Waals surface area contributed by atoms with Crippen LogP contribution in [0.15, 0.2) is 97.1 Å². The molecule has 0 aromatic heterocycles. The molecule has 5 aromatic rings. The highest BCUT2D eigenvalue weighted by atomic mass is 16.7. The molecule has 0 bridgehead atoms. The highest BCUT2D eigenvalue weighted by molar-refractivity contribution is 6.62. The molecule has 0 unspecified atom stereocenters. The van der Waals surface area contributed by atoms with E-state index >= 15 is 0 Å². The van der Waals surface area contributed by atoms with E-state index < -0.39 is 7.12 Å². The van der Waals surface area contributed by atoms with Crippen molar-refractivity contribution < 1.29 is 9.31 Å². The Hall–Kier alpha value is -3.91. The molecule has 3 nitrogen and oxygen atoms in total. The van der Waals surface area contributed by atoms with Crippen LogP contribution < -0.4 is 5.46 Å². The van der Waals surface area contributed by atoms with Crippen molar-refractivity contribution in [1.82, 2.24) is 0 Å². The van der Waals surface area contributed by atoms with Gasteiger partial charge in [0.05, 0.1) is 22.8 Å². The number of hydrogen-bond donors (Lipinski definition) is 0. The third kappa shape index (κ3) is 3.83. The molecule has 0 radical (unpaired) electrons. The first-order valence-corrected chi connectivity index (χ1v) is 12.7. The average molecular weight is 481 g/mol. The Morgan fingerprint density at radius 3 is 1.41 bits per heavy atom. The van der Waals surface area contributed by atoms with E-state index in [0.717, 1.165) is 16.6 Å². The number of hydrogen-bond acceptors (Lipinski definition) is 3. The van der Waals surface area contributed by atoms with Gasteiger partial charge in [-0.25, -0.2) is 0 Å². The third-order valence-electron chi connectivity index (χ3n) is 7.96. The van der Waals surface area contributed by atoms with Crippen LogP contribution in [0.4, 0.5) is 0 Å². The molecule has 180 valence electrons. The zero-order chi connectivity index (χ0) is 25.8. The maximum absolute atomic E-state index is 9.35. The second-order valence-corrected chi connectivity index (χ2v) is 10.7. The summed E-state index contributed by atoms with van der Waals surface area (Å²) in [5, 5.41) is 14.2. The molecule has 0 amide bonds. The summed E-state index contributed by atoms with van der Waals surface area (Å²) in [5.41, 5.74) is 5.46. The summed E-state index contributed by atoms with van der Waals surface area (Å²) in [4.78, 5) is 0. The summed E-state index contributed by atoms with van der Waals surface area (Å²) >= 11 is 0. The molecule has 0 saturated carbocycles. The van der Waals surface area contributed by atoms with Crippen LogP contribution in [0.2, 0.25) is 0 Å². The monoisotopic (exact) mass is 481 g/mol. The lowest BCUT2D eigenvalue weighted by Gasteiger charge is -2.32. The number of fused-ring (bicyclic) bond motifs is 3. The van der Waals surface area contributed by atoms with Crippen molar-refractivity contribution in [2.24, 2.45) is 0 Å². The Kier molecular flexibility index (Phi) is 5.46. The van der Waals surface area contributed by atoms with E-state index in [1.807, 2.05) is 12.1 Å². The van der Waals surface area contributed by atoms with Crippen LogP contribution in [0.3, 0.4) is 0 Å². The second kappa shape index (κ2) is 8.59. The van der Waals surface area contributed by atoms with Gasteiger partial charge in [0.2, 0.25) is 0 Å². The van der Waals surface area contributed by atoms with Gasteiger partial charge in [0, 0.05) is 0 Å². The summed E-state index contributed by atoms with van der Waals surface area (Å²) in [6, 6.07) is 35.9. The molecule has 4 heteroatoms. The lowest BCUT2D eigenvalue weighted by Crippen LogP contribution is -2.41. The van der Waals surface area contributed by atoms with Gasteiger partial charge >= 0.3 is 7.12 Å². The summed E-state index contributed by atoms with van der Waals surface area (Å²) in [6.07, 6.45) is 0. The second-order valence-electron chi connectivity index (χ2n) is 10.7. The molecule has 1 aliphatic heterocycles. The van der Waals surface area contributed by atoms with Crippen molar-refractivity contribution in [2.75, 3.05) is 0 Å². The van der Waals surface area contributed by atoms with E-state index in [9.17, 15) is 5.26 Å². The summed E-state index contributed by atoms with van der Waals surface area (Å²) in [7, 11) is -0.398. The predicted molar refractivity (Wildman–Crippen MR) is 153 cm³/mol. The van der Waals surface area contributed by atoms with Crippen LogP contribution in [-0.4, -0.2) is 18.3 Å². The summed E-state index contributed by atoms with van der Waals surface area (Å²) < 4.78 is 12.6. The first-order valence-electron chi connectivity index (χ1n) is 12.7. The Labute approximate surface area is 218 Å². The SMILES string of the molecule is CC1(C)OB(c2ccc(-c3c(-c4ccc(C#N)cc4)c4ccccc4c4ccccc34)cc2)OC1(C)C. The molecule has 1 fully saturated rings. The summed E-state index contributed by atoms with van der Waals surface area (Å²) in [6.45, 7) is 8.30. The number of nitriles is 1. The van der Waals surface area contributed by atoms with Crippen molar-refractivity contribution in [1.29, 1.82) is 5.26 Å². The number of rotatable bonds is 3. The molecule has 1 saturated heterocycles. The third-order valence-corrected chi connectivity index (χ3v) is 7.96. The predicted octanol–water partition coefficient (Wildman–Crippen LogP) is 7.50. The molecule has 1 heterocycles. The number of benzene rings is 5. The maximum Gasteiger partial charge on any atom is 0.494 e. The van der Waals surface area contributed by atoms with Gasteiger partial charge in [-0.15, -0.1) is 0 Å². The van der Waals surface area contributed by atoms with Crippen LogP contribution in [0.25, 0.3) is 43.8 Å². The van der Waals surface area contributed by atoms with Crippen LogP contribution in [0.5, 0.6) is 0 Å². The minimum Gasteiger partial charge on any atom is -0.399 e. The largest absolute Gasteiger partial charge is 0.494 e. The normalized spacial score (nSPS) is 16.2. The molecule has 0 atom stereocenters. The van der Waals surface area contributed by atoms with E-state index in [1.54, 1.807) is 0 Å². The van der Waals surface area contributed by atoms with Gasteiger partial charge in [0.15, 0.2) is 0 Å². The molecule has 37 heavy (non-hydrogen) atoms. The van der Waals surface area contributed by atoms with Crippen LogP contribution in [0, 0.1) is 11.3 Å². The van der Waals surface area contributed by atoms with Gasteiger partial charge in [0.1, 0.15) is 0 Å². The minimum absolute atomic E-state index is 0.381. The highest BCUT2D eigenvalue weighted by Gasteiger charge is 2.51. The fourth-order valence-corrected chi connectivity index (χ4v) is 5.24. The smallest absolute Gasteiger partial charge is 0.399 e. The van der Waals surface area contributed by atoms with Crippen molar-refractivity contribution in [3.05, 3.63) is 103 Å². The Balaban J connectivity index is 1.57. The topological polar surface area (TPSA) is 42.2 Å². The van der Waals surface area contributed by atoms with Gasteiger partial charge < -0.3 is 9.31 Å². The maximum atomic E-state index is 9.35. The van der Waals surface area contributed by atoms with Crippen LogP contribution >= 0.6 is 0 Å². The van der Waals surface area contributed by atoms with Gasteiger partial charge in [-0.05, 0) is 89.1 Å². The lowest BCUT2D eigenvalue weighted by atomic mass is 9.77. The van der Waals surface area contributed by atoms with Crippen LogP contribution in [0.1, 0.15) is 33.3 Å². The van der Waals surface area contributed by atoms with E-state index in [4.69, 9.17) is 9.31 Å². The molecule has 0 aliphatic carbocycles. The van der Waals surface area contributed by atoms with E-state index in [1.165, 1.54) is 32.7 Å². The van der Waals surface area contributed by atoms with Crippen molar-refractivity contribution >= 4 is 34.1 Å². The molecule has 5 aromatic carbocycles. The minimum atomic E-state index is -0.398. The fourth-order valence-electron chi connectivity index (χ4n) is 5.24. The summed E-state index contributed by atoms with van der Waals surface area (Å²) in [5.74, 6) is 0. The van der Waals surface area contributed by atoms with Gasteiger partial charge in [-0.2, -0.15) is 5.26 Å².